The number of rotatable bonds is 8. The zero-order valence-electron chi connectivity index (χ0n) is 23.6. The molecule has 2 saturated heterocycles. The standard InChI is InChI=1S/C26H43BN4O5S/c1-18(30-23(33)34-24(2,3)4)21(32)31-14-10-9-12-20(31)13-11-15-37-22-28-16-19(17-29-22)27-35-25(5,6)26(7,8)36-27/h16-18,20H,9-15H2,1-8H3,(H,30,33)/t18-,20-/m0/s1. The van der Waals surface area contributed by atoms with E-state index < -0.39 is 36.1 Å². The van der Waals surface area contributed by atoms with Crippen molar-refractivity contribution in [3.63, 3.8) is 0 Å². The molecule has 2 fully saturated rings. The fourth-order valence-corrected chi connectivity index (χ4v) is 5.12. The van der Waals surface area contributed by atoms with Crippen molar-refractivity contribution in [1.29, 1.82) is 0 Å². The number of piperidine rings is 1. The molecule has 1 aromatic rings. The number of thioether (sulfide) groups is 1. The van der Waals surface area contributed by atoms with Gasteiger partial charge in [-0.05, 0) is 87.5 Å². The van der Waals surface area contributed by atoms with Crippen LogP contribution in [0.15, 0.2) is 17.6 Å². The van der Waals surface area contributed by atoms with E-state index in [-0.39, 0.29) is 11.9 Å². The van der Waals surface area contributed by atoms with Crippen molar-refractivity contribution in [2.24, 2.45) is 0 Å². The van der Waals surface area contributed by atoms with Gasteiger partial charge in [0.1, 0.15) is 11.6 Å². The summed E-state index contributed by atoms with van der Waals surface area (Å²) < 4.78 is 17.4. The predicted molar refractivity (Wildman–Crippen MR) is 146 cm³/mol. The van der Waals surface area contributed by atoms with Crippen LogP contribution in [0.3, 0.4) is 0 Å². The number of ether oxygens (including phenoxy) is 1. The van der Waals surface area contributed by atoms with Crippen LogP contribution in [0.25, 0.3) is 0 Å². The van der Waals surface area contributed by atoms with Crippen LogP contribution >= 0.6 is 11.8 Å². The number of nitrogens with zero attached hydrogens (tertiary/aromatic N) is 3. The largest absolute Gasteiger partial charge is 0.498 e. The van der Waals surface area contributed by atoms with Crippen LogP contribution in [-0.4, -0.2) is 75.2 Å². The number of amides is 2. The van der Waals surface area contributed by atoms with Gasteiger partial charge in [-0.3, -0.25) is 4.79 Å². The Kier molecular flexibility index (Phi) is 9.56. The summed E-state index contributed by atoms with van der Waals surface area (Å²) >= 11 is 1.61. The summed E-state index contributed by atoms with van der Waals surface area (Å²) in [5.74, 6) is 0.810. The number of alkyl carbamates (subject to hydrolysis) is 1. The molecule has 0 saturated carbocycles. The quantitative estimate of drug-likeness (QED) is 0.232. The summed E-state index contributed by atoms with van der Waals surface area (Å²) in [6.07, 6.45) is 7.91. The van der Waals surface area contributed by atoms with Crippen LogP contribution in [0.1, 0.15) is 87.5 Å². The summed E-state index contributed by atoms with van der Waals surface area (Å²) in [5.41, 5.74) is -0.589. The summed E-state index contributed by atoms with van der Waals surface area (Å²) in [6, 6.07) is -0.447. The van der Waals surface area contributed by atoms with Gasteiger partial charge in [0.05, 0.1) is 11.2 Å². The molecule has 2 atom stereocenters. The third-order valence-corrected chi connectivity index (χ3v) is 8.06. The molecule has 0 unspecified atom stereocenters. The third kappa shape index (κ3) is 8.07. The predicted octanol–water partition coefficient (Wildman–Crippen LogP) is 3.94. The van der Waals surface area contributed by atoms with Crippen molar-refractivity contribution in [3.05, 3.63) is 12.4 Å². The van der Waals surface area contributed by atoms with Crippen LogP contribution in [0.4, 0.5) is 4.79 Å². The maximum absolute atomic E-state index is 13.1. The van der Waals surface area contributed by atoms with Gasteiger partial charge in [-0.25, -0.2) is 14.8 Å². The highest BCUT2D eigenvalue weighted by molar-refractivity contribution is 7.99. The Bertz CT molecular complexity index is 922. The lowest BCUT2D eigenvalue weighted by atomic mass is 9.81. The number of hydrogen-bond donors (Lipinski definition) is 1. The first kappa shape index (κ1) is 29.7. The lowest BCUT2D eigenvalue weighted by Gasteiger charge is -2.37. The first-order valence-electron chi connectivity index (χ1n) is 13.3. The molecule has 206 valence electrons. The molecule has 0 aromatic carbocycles. The van der Waals surface area contributed by atoms with E-state index in [1.54, 1.807) is 51.9 Å². The number of hydrogen-bond acceptors (Lipinski definition) is 8. The van der Waals surface area contributed by atoms with Gasteiger partial charge < -0.3 is 24.3 Å². The molecule has 2 aliphatic rings. The van der Waals surface area contributed by atoms with Crippen LogP contribution < -0.4 is 10.8 Å². The minimum absolute atomic E-state index is 0.0511. The SMILES string of the molecule is C[C@H](NC(=O)OC(C)(C)C)C(=O)N1CCCC[C@H]1CCCSc1ncc(B2OC(C)(C)C(C)(C)O2)cn1. The Hall–Kier alpha value is -1.85. The molecule has 2 amide bonds. The molecule has 0 radical (unpaired) electrons. The highest BCUT2D eigenvalue weighted by Crippen LogP contribution is 2.36. The smallest absolute Gasteiger partial charge is 0.444 e. The lowest BCUT2D eigenvalue weighted by Crippen LogP contribution is -2.52. The van der Waals surface area contributed by atoms with E-state index in [1.165, 1.54) is 0 Å². The van der Waals surface area contributed by atoms with Crippen LogP contribution in [0.5, 0.6) is 0 Å². The molecule has 1 N–H and O–H groups in total. The zero-order valence-corrected chi connectivity index (χ0v) is 24.4. The number of aromatic nitrogens is 2. The van der Waals surface area contributed by atoms with E-state index in [9.17, 15) is 9.59 Å². The van der Waals surface area contributed by atoms with Crippen molar-refractivity contribution in [2.75, 3.05) is 12.3 Å². The maximum Gasteiger partial charge on any atom is 0.498 e. The molecule has 11 heteroatoms. The van der Waals surface area contributed by atoms with Gasteiger partial charge in [-0.2, -0.15) is 0 Å². The van der Waals surface area contributed by atoms with Gasteiger partial charge in [0.25, 0.3) is 0 Å². The number of likely N-dealkylation sites (tertiary alicyclic amines) is 1. The molecular weight excluding hydrogens is 491 g/mol. The van der Waals surface area contributed by atoms with E-state index in [2.05, 4.69) is 15.3 Å². The average Bonchev–Trinajstić information content (AvgIpc) is 3.02. The lowest BCUT2D eigenvalue weighted by molar-refractivity contribution is -0.136. The Morgan fingerprint density at radius 3 is 2.41 bits per heavy atom. The first-order valence-corrected chi connectivity index (χ1v) is 14.3. The fraction of sp³-hybridized carbons (Fsp3) is 0.769. The number of carbonyl (C=O) groups excluding carboxylic acids is 2. The van der Waals surface area contributed by atoms with Crippen molar-refractivity contribution >= 4 is 36.3 Å². The van der Waals surface area contributed by atoms with Crippen molar-refractivity contribution in [1.82, 2.24) is 20.2 Å². The van der Waals surface area contributed by atoms with Gasteiger partial charge in [0, 0.05) is 36.2 Å². The average molecular weight is 535 g/mol. The summed E-state index contributed by atoms with van der Waals surface area (Å²) in [6.45, 7) is 16.0. The zero-order chi connectivity index (χ0) is 27.4. The fourth-order valence-electron chi connectivity index (χ4n) is 4.37. The maximum atomic E-state index is 13.1. The summed E-state index contributed by atoms with van der Waals surface area (Å²) in [7, 11) is -0.467. The van der Waals surface area contributed by atoms with Crippen LogP contribution in [-0.2, 0) is 18.8 Å². The van der Waals surface area contributed by atoms with Gasteiger partial charge >= 0.3 is 13.2 Å². The number of carbonyl (C=O) groups is 2. The molecule has 3 heterocycles. The van der Waals surface area contributed by atoms with Crippen LogP contribution in [0.2, 0.25) is 0 Å². The molecule has 3 rings (SSSR count). The Morgan fingerprint density at radius 1 is 1.19 bits per heavy atom. The monoisotopic (exact) mass is 534 g/mol. The second-order valence-electron chi connectivity index (χ2n) is 11.9. The Morgan fingerprint density at radius 2 is 1.81 bits per heavy atom. The molecular formula is C26H43BN4O5S. The van der Waals surface area contributed by atoms with E-state index in [0.717, 1.165) is 49.9 Å². The van der Waals surface area contributed by atoms with E-state index in [4.69, 9.17) is 14.0 Å². The molecule has 0 aliphatic carbocycles. The van der Waals surface area contributed by atoms with E-state index in [1.807, 2.05) is 32.6 Å². The van der Waals surface area contributed by atoms with Gasteiger partial charge in [0.15, 0.2) is 5.16 Å². The number of nitrogens with one attached hydrogen (secondary N) is 1. The normalized spacial score (nSPS) is 22.0. The molecule has 1 aromatic heterocycles. The van der Waals surface area contributed by atoms with Crippen molar-refractivity contribution in [3.8, 4) is 0 Å². The van der Waals surface area contributed by atoms with Gasteiger partial charge in [-0.1, -0.05) is 11.8 Å². The van der Waals surface area contributed by atoms with Gasteiger partial charge in [-0.15, -0.1) is 0 Å². The summed E-state index contributed by atoms with van der Waals surface area (Å²) in [5, 5.41) is 3.40. The Labute approximate surface area is 226 Å². The molecule has 0 bridgehead atoms. The van der Waals surface area contributed by atoms with E-state index in [0.29, 0.717) is 5.16 Å². The molecule has 9 nitrogen and oxygen atoms in total. The minimum atomic E-state index is -0.624. The second kappa shape index (κ2) is 11.9. The highest BCUT2D eigenvalue weighted by Gasteiger charge is 2.52. The van der Waals surface area contributed by atoms with E-state index >= 15 is 0 Å². The molecule has 0 spiro atoms. The topological polar surface area (TPSA) is 103 Å². The third-order valence-electron chi connectivity index (χ3n) is 7.10. The Balaban J connectivity index is 1.45. The van der Waals surface area contributed by atoms with Crippen molar-refractivity contribution in [2.45, 2.75) is 122 Å². The second-order valence-corrected chi connectivity index (χ2v) is 13.0. The molecule has 37 heavy (non-hydrogen) atoms. The molecule has 2 aliphatic heterocycles. The highest BCUT2D eigenvalue weighted by atomic mass is 32.2. The van der Waals surface area contributed by atoms with Crippen molar-refractivity contribution < 1.29 is 23.6 Å². The minimum Gasteiger partial charge on any atom is -0.444 e. The van der Waals surface area contributed by atoms with Gasteiger partial charge in [0.2, 0.25) is 5.91 Å². The summed E-state index contributed by atoms with van der Waals surface area (Å²) in [4.78, 5) is 36.1. The van der Waals surface area contributed by atoms with Crippen LogP contribution in [0, 0.1) is 0 Å². The first-order chi connectivity index (χ1) is 17.2.